The maximum Gasteiger partial charge on any atom is 0.269 e. The monoisotopic (exact) mass is 282 g/mol. The van der Waals surface area contributed by atoms with Gasteiger partial charge in [0.15, 0.2) is 0 Å². The summed E-state index contributed by atoms with van der Waals surface area (Å²) in [4.78, 5) is 32.5. The number of hydrogen-bond acceptors (Lipinski definition) is 5. The van der Waals surface area contributed by atoms with Gasteiger partial charge in [-0.1, -0.05) is 5.16 Å². The molecule has 0 bridgehead atoms. The number of carbonyl (C=O) groups is 2. The molecule has 2 heterocycles. The van der Waals surface area contributed by atoms with Gasteiger partial charge in [0.05, 0.1) is 5.71 Å². The Labute approximate surface area is 118 Å². The zero-order valence-electron chi connectivity index (χ0n) is 12.1. The zero-order chi connectivity index (χ0) is 14.8. The lowest BCUT2D eigenvalue weighted by molar-refractivity contribution is -0.155. The van der Waals surface area contributed by atoms with Crippen molar-refractivity contribution in [2.45, 2.75) is 32.3 Å². The fourth-order valence-electron chi connectivity index (χ4n) is 2.62. The second-order valence-corrected chi connectivity index (χ2v) is 5.68. The number of hydrogen-bond donors (Lipinski definition) is 1. The van der Waals surface area contributed by atoms with Gasteiger partial charge in [-0.3, -0.25) is 14.5 Å². The zero-order valence-corrected chi connectivity index (χ0v) is 12.1. The smallest absolute Gasteiger partial charge is 0.269 e. The number of oxime groups is 1. The van der Waals surface area contributed by atoms with Gasteiger partial charge in [0.1, 0.15) is 0 Å². The van der Waals surface area contributed by atoms with Crippen molar-refractivity contribution in [2.75, 3.05) is 32.7 Å². The first-order valence-electron chi connectivity index (χ1n) is 6.92. The number of rotatable bonds is 4. The van der Waals surface area contributed by atoms with Crippen LogP contribution in [0.4, 0.5) is 0 Å². The molecule has 1 saturated heterocycles. The van der Waals surface area contributed by atoms with Crippen LogP contribution in [0.25, 0.3) is 0 Å². The minimum atomic E-state index is -0.848. The van der Waals surface area contributed by atoms with E-state index in [0.29, 0.717) is 32.5 Å². The predicted molar refractivity (Wildman–Crippen MR) is 74.0 cm³/mol. The highest BCUT2D eigenvalue weighted by atomic mass is 16.7. The van der Waals surface area contributed by atoms with Crippen molar-refractivity contribution < 1.29 is 14.4 Å². The molecule has 1 atom stereocenters. The van der Waals surface area contributed by atoms with E-state index in [1.807, 2.05) is 11.8 Å². The van der Waals surface area contributed by atoms with Crippen LogP contribution < -0.4 is 5.73 Å². The molecule has 112 valence electrons. The lowest BCUT2D eigenvalue weighted by atomic mass is 9.98. The number of nitrogens with zero attached hydrogens (tertiary/aromatic N) is 3. The van der Waals surface area contributed by atoms with E-state index in [1.165, 1.54) is 0 Å². The first kappa shape index (κ1) is 14.8. The standard InChI is InChI=1S/C13H22N4O3/c1-10-9-13(2,20-15-10)12(19)17-7-5-16(6-8-17)4-3-11(14)18/h3-9H2,1-2H3,(H2,14,18). The maximum absolute atomic E-state index is 12.5. The van der Waals surface area contributed by atoms with E-state index in [-0.39, 0.29) is 11.8 Å². The molecule has 0 aromatic carbocycles. The van der Waals surface area contributed by atoms with Crippen LogP contribution in [0.5, 0.6) is 0 Å². The normalized spacial score (nSPS) is 27.1. The molecule has 0 saturated carbocycles. The van der Waals surface area contributed by atoms with E-state index in [2.05, 4.69) is 10.1 Å². The summed E-state index contributed by atoms with van der Waals surface area (Å²) >= 11 is 0. The van der Waals surface area contributed by atoms with E-state index in [9.17, 15) is 9.59 Å². The average Bonchev–Trinajstić information content (AvgIpc) is 2.77. The summed E-state index contributed by atoms with van der Waals surface area (Å²) in [5.74, 6) is -0.296. The Morgan fingerprint density at radius 3 is 2.50 bits per heavy atom. The second-order valence-electron chi connectivity index (χ2n) is 5.68. The van der Waals surface area contributed by atoms with Gasteiger partial charge in [0.2, 0.25) is 11.5 Å². The molecule has 0 spiro atoms. The highest BCUT2D eigenvalue weighted by molar-refractivity contribution is 5.94. The third kappa shape index (κ3) is 3.27. The molecule has 2 aliphatic rings. The molecule has 0 aliphatic carbocycles. The summed E-state index contributed by atoms with van der Waals surface area (Å²) in [6.45, 7) is 7.12. The summed E-state index contributed by atoms with van der Waals surface area (Å²) in [5.41, 5.74) is 5.14. The molecule has 0 radical (unpaired) electrons. The minimum Gasteiger partial charge on any atom is -0.379 e. The fraction of sp³-hybridized carbons (Fsp3) is 0.769. The van der Waals surface area contributed by atoms with Gasteiger partial charge in [0.25, 0.3) is 5.91 Å². The SMILES string of the molecule is CC1=NOC(C)(C(=O)N2CCN(CCC(N)=O)CC2)C1. The topological polar surface area (TPSA) is 88.2 Å². The summed E-state index contributed by atoms with van der Waals surface area (Å²) in [6, 6.07) is 0. The summed E-state index contributed by atoms with van der Waals surface area (Å²) in [5, 5.41) is 3.88. The maximum atomic E-state index is 12.5. The molecule has 7 heteroatoms. The van der Waals surface area contributed by atoms with Crippen LogP contribution in [0.2, 0.25) is 0 Å². The van der Waals surface area contributed by atoms with Crippen molar-refractivity contribution >= 4 is 17.5 Å². The lowest BCUT2D eigenvalue weighted by Gasteiger charge is -2.37. The first-order chi connectivity index (χ1) is 9.40. The average molecular weight is 282 g/mol. The second kappa shape index (κ2) is 5.78. The molecular formula is C13H22N4O3. The largest absolute Gasteiger partial charge is 0.379 e. The van der Waals surface area contributed by atoms with Gasteiger partial charge in [-0.05, 0) is 13.8 Å². The molecule has 7 nitrogen and oxygen atoms in total. The predicted octanol–water partition coefficient (Wildman–Crippen LogP) is -0.439. The molecule has 2 amide bonds. The van der Waals surface area contributed by atoms with Gasteiger partial charge in [-0.15, -0.1) is 0 Å². The van der Waals surface area contributed by atoms with Crippen LogP contribution in [0.3, 0.4) is 0 Å². The molecule has 2 rings (SSSR count). The molecule has 1 fully saturated rings. The van der Waals surface area contributed by atoms with Gasteiger partial charge < -0.3 is 15.5 Å². The molecule has 1 unspecified atom stereocenters. The molecule has 20 heavy (non-hydrogen) atoms. The number of nitrogens with two attached hydrogens (primary N) is 1. The highest BCUT2D eigenvalue weighted by Gasteiger charge is 2.43. The van der Waals surface area contributed by atoms with Gasteiger partial charge in [0, 0.05) is 45.6 Å². The van der Waals surface area contributed by atoms with Gasteiger partial charge in [-0.2, -0.15) is 0 Å². The molecule has 2 aliphatic heterocycles. The van der Waals surface area contributed by atoms with Crippen molar-refractivity contribution in [1.82, 2.24) is 9.80 Å². The Kier molecular flexibility index (Phi) is 4.27. The molecule has 0 aromatic heterocycles. The number of primary amides is 1. The Morgan fingerprint density at radius 2 is 2.00 bits per heavy atom. The van der Waals surface area contributed by atoms with Crippen LogP contribution in [-0.2, 0) is 14.4 Å². The third-order valence-electron chi connectivity index (χ3n) is 3.78. The van der Waals surface area contributed by atoms with Crippen LogP contribution >= 0.6 is 0 Å². The van der Waals surface area contributed by atoms with Crippen LogP contribution in [0, 0.1) is 0 Å². The van der Waals surface area contributed by atoms with E-state index in [0.717, 1.165) is 18.8 Å². The number of amides is 2. The molecule has 0 aromatic rings. The van der Waals surface area contributed by atoms with Gasteiger partial charge >= 0.3 is 0 Å². The summed E-state index contributed by atoms with van der Waals surface area (Å²) in [6.07, 6.45) is 0.912. The van der Waals surface area contributed by atoms with Crippen molar-refractivity contribution in [3.8, 4) is 0 Å². The van der Waals surface area contributed by atoms with Crippen LogP contribution in [0.15, 0.2) is 5.16 Å². The van der Waals surface area contributed by atoms with Crippen molar-refractivity contribution in [3.05, 3.63) is 0 Å². The van der Waals surface area contributed by atoms with E-state index in [4.69, 9.17) is 10.6 Å². The Balaban J connectivity index is 1.82. The van der Waals surface area contributed by atoms with Crippen molar-refractivity contribution in [2.24, 2.45) is 10.9 Å². The first-order valence-corrected chi connectivity index (χ1v) is 6.92. The number of piperazine rings is 1. The lowest BCUT2D eigenvalue weighted by Crippen LogP contribution is -2.55. The van der Waals surface area contributed by atoms with Crippen molar-refractivity contribution in [1.29, 1.82) is 0 Å². The molecule has 2 N–H and O–H groups in total. The Hall–Kier alpha value is -1.63. The van der Waals surface area contributed by atoms with Crippen LogP contribution in [-0.4, -0.2) is 65.7 Å². The van der Waals surface area contributed by atoms with Crippen LogP contribution in [0.1, 0.15) is 26.7 Å². The quantitative estimate of drug-likeness (QED) is 0.757. The highest BCUT2D eigenvalue weighted by Crippen LogP contribution is 2.26. The van der Waals surface area contributed by atoms with E-state index in [1.54, 1.807) is 6.92 Å². The fourth-order valence-corrected chi connectivity index (χ4v) is 2.62. The number of carbonyl (C=O) groups excluding carboxylic acids is 2. The Morgan fingerprint density at radius 1 is 1.35 bits per heavy atom. The Bertz CT molecular complexity index is 429. The van der Waals surface area contributed by atoms with Gasteiger partial charge in [-0.25, -0.2) is 0 Å². The summed E-state index contributed by atoms with van der Waals surface area (Å²) < 4.78 is 0. The third-order valence-corrected chi connectivity index (χ3v) is 3.78. The summed E-state index contributed by atoms with van der Waals surface area (Å²) in [7, 11) is 0. The van der Waals surface area contributed by atoms with E-state index >= 15 is 0 Å². The van der Waals surface area contributed by atoms with Crippen molar-refractivity contribution in [3.63, 3.8) is 0 Å². The van der Waals surface area contributed by atoms with E-state index < -0.39 is 5.60 Å². The molecular weight excluding hydrogens is 260 g/mol. The minimum absolute atomic E-state index is 0.00680.